The molecule has 1 aromatic rings. The van der Waals surface area contributed by atoms with Crippen LogP contribution < -0.4 is 4.90 Å². The largest absolute Gasteiger partial charge is 0.376 e. The summed E-state index contributed by atoms with van der Waals surface area (Å²) in [6.07, 6.45) is 2.65. The van der Waals surface area contributed by atoms with Gasteiger partial charge in [0.25, 0.3) is 5.91 Å². The Morgan fingerprint density at radius 1 is 1.31 bits per heavy atom. The van der Waals surface area contributed by atoms with Gasteiger partial charge in [-0.3, -0.25) is 4.79 Å². The number of carbonyl (C=O) groups excluding carboxylic acids is 1. The molecule has 26 heavy (non-hydrogen) atoms. The predicted octanol–water partition coefficient (Wildman–Crippen LogP) is 2.18. The molecular formula is C20H27N3O3. The molecule has 0 aromatic heterocycles. The van der Waals surface area contributed by atoms with Crippen molar-refractivity contribution in [3.63, 3.8) is 0 Å². The molecule has 2 aliphatic heterocycles. The highest BCUT2D eigenvalue weighted by Gasteiger charge is 2.26. The first-order valence-electron chi connectivity index (χ1n) is 9.45. The molecule has 0 N–H and O–H groups in total. The van der Waals surface area contributed by atoms with Crippen LogP contribution in [0, 0.1) is 11.3 Å². The average Bonchev–Trinajstić information content (AvgIpc) is 3.08. The molecule has 6 heteroatoms. The van der Waals surface area contributed by atoms with E-state index in [4.69, 9.17) is 9.47 Å². The molecule has 6 nitrogen and oxygen atoms in total. The predicted molar refractivity (Wildman–Crippen MR) is 99.0 cm³/mol. The Hall–Kier alpha value is -2.10. The van der Waals surface area contributed by atoms with Crippen molar-refractivity contribution in [1.82, 2.24) is 4.90 Å². The Morgan fingerprint density at radius 3 is 2.92 bits per heavy atom. The lowest BCUT2D eigenvalue weighted by Gasteiger charge is -2.26. The van der Waals surface area contributed by atoms with Gasteiger partial charge in [-0.1, -0.05) is 12.1 Å². The standard InChI is InChI=1S/C20H27N3O3/c1-16(26-15-18-7-4-13-25-18)20(24)23-10-5-9-22(11-12-23)19-8-3-2-6-17(19)14-21/h2-3,6,8,16,18H,4-5,7,9-13,15H2,1H3/t16-,18+/m1/s1. The second-order valence-electron chi connectivity index (χ2n) is 6.91. The van der Waals surface area contributed by atoms with Crippen molar-refractivity contribution in [2.75, 3.05) is 44.3 Å². The number of hydrogen-bond acceptors (Lipinski definition) is 5. The van der Waals surface area contributed by atoms with E-state index >= 15 is 0 Å². The minimum atomic E-state index is -0.447. The topological polar surface area (TPSA) is 65.8 Å². The molecule has 2 atom stereocenters. The van der Waals surface area contributed by atoms with Gasteiger partial charge in [0.2, 0.25) is 0 Å². The van der Waals surface area contributed by atoms with Crippen molar-refractivity contribution in [3.05, 3.63) is 29.8 Å². The molecule has 1 amide bonds. The van der Waals surface area contributed by atoms with E-state index in [-0.39, 0.29) is 12.0 Å². The highest BCUT2D eigenvalue weighted by molar-refractivity contribution is 5.80. The average molecular weight is 357 g/mol. The van der Waals surface area contributed by atoms with Crippen LogP contribution in [-0.2, 0) is 14.3 Å². The number of nitrogens with zero attached hydrogens (tertiary/aromatic N) is 3. The zero-order valence-electron chi connectivity index (χ0n) is 15.4. The summed E-state index contributed by atoms with van der Waals surface area (Å²) in [5, 5.41) is 9.31. The first-order chi connectivity index (χ1) is 12.7. The highest BCUT2D eigenvalue weighted by atomic mass is 16.5. The van der Waals surface area contributed by atoms with Gasteiger partial charge >= 0.3 is 0 Å². The Kier molecular flexibility index (Phi) is 6.48. The molecule has 2 aliphatic rings. The number of anilines is 1. The Labute approximate surface area is 155 Å². The van der Waals surface area contributed by atoms with Crippen molar-refractivity contribution in [2.24, 2.45) is 0 Å². The number of ether oxygens (including phenoxy) is 2. The number of nitriles is 1. The fourth-order valence-corrected chi connectivity index (χ4v) is 3.58. The van der Waals surface area contributed by atoms with Crippen LogP contribution in [0.15, 0.2) is 24.3 Å². The molecule has 140 valence electrons. The molecule has 2 heterocycles. The summed E-state index contributed by atoms with van der Waals surface area (Å²) in [4.78, 5) is 16.8. The molecule has 0 radical (unpaired) electrons. The first kappa shape index (κ1) is 18.7. The third kappa shape index (κ3) is 4.54. The SMILES string of the molecule is C[C@@H](OC[C@@H]1CCCO1)C(=O)N1CCCN(c2ccccc2C#N)CC1. The highest BCUT2D eigenvalue weighted by Crippen LogP contribution is 2.21. The molecule has 3 rings (SSSR count). The minimum Gasteiger partial charge on any atom is -0.376 e. The number of carbonyl (C=O) groups is 1. The van der Waals surface area contributed by atoms with Crippen molar-refractivity contribution >= 4 is 11.6 Å². The maximum absolute atomic E-state index is 12.7. The molecule has 2 saturated heterocycles. The smallest absolute Gasteiger partial charge is 0.251 e. The van der Waals surface area contributed by atoms with Gasteiger partial charge in [-0.15, -0.1) is 0 Å². The quantitative estimate of drug-likeness (QED) is 0.808. The van der Waals surface area contributed by atoms with Gasteiger partial charge in [0.15, 0.2) is 0 Å². The Balaban J connectivity index is 1.54. The van der Waals surface area contributed by atoms with Gasteiger partial charge in [-0.05, 0) is 38.3 Å². The van der Waals surface area contributed by atoms with Gasteiger partial charge in [0.1, 0.15) is 12.2 Å². The number of amides is 1. The number of para-hydroxylation sites is 1. The summed E-state index contributed by atoms with van der Waals surface area (Å²) in [6.45, 7) is 6.04. The summed E-state index contributed by atoms with van der Waals surface area (Å²) in [5.41, 5.74) is 1.63. The van der Waals surface area contributed by atoms with E-state index in [1.165, 1.54) is 0 Å². The number of benzene rings is 1. The van der Waals surface area contributed by atoms with Crippen molar-refractivity contribution in [1.29, 1.82) is 5.26 Å². The van der Waals surface area contributed by atoms with Gasteiger partial charge in [0.05, 0.1) is 24.0 Å². The van der Waals surface area contributed by atoms with Gasteiger partial charge in [-0.25, -0.2) is 0 Å². The van der Waals surface area contributed by atoms with Gasteiger partial charge in [0, 0.05) is 32.8 Å². The molecule has 2 fully saturated rings. The van der Waals surface area contributed by atoms with Gasteiger partial charge < -0.3 is 19.3 Å². The van der Waals surface area contributed by atoms with Crippen LogP contribution in [0.5, 0.6) is 0 Å². The molecule has 0 bridgehead atoms. The molecule has 1 aromatic carbocycles. The molecule has 0 unspecified atom stereocenters. The van der Waals surface area contributed by atoms with E-state index in [1.807, 2.05) is 36.1 Å². The summed E-state index contributed by atoms with van der Waals surface area (Å²) in [6, 6.07) is 9.90. The van der Waals surface area contributed by atoms with Crippen molar-refractivity contribution in [2.45, 2.75) is 38.4 Å². The maximum Gasteiger partial charge on any atom is 0.251 e. The molecule has 0 spiro atoms. The summed E-state index contributed by atoms with van der Waals surface area (Å²) >= 11 is 0. The lowest BCUT2D eigenvalue weighted by atomic mass is 10.1. The van der Waals surface area contributed by atoms with Crippen LogP contribution in [0.3, 0.4) is 0 Å². The first-order valence-corrected chi connectivity index (χ1v) is 9.45. The van der Waals surface area contributed by atoms with E-state index in [1.54, 1.807) is 0 Å². The van der Waals surface area contributed by atoms with Crippen LogP contribution >= 0.6 is 0 Å². The maximum atomic E-state index is 12.7. The second kappa shape index (κ2) is 9.02. The minimum absolute atomic E-state index is 0.0402. The molecular weight excluding hydrogens is 330 g/mol. The Morgan fingerprint density at radius 2 is 2.15 bits per heavy atom. The van der Waals surface area contributed by atoms with Crippen LogP contribution in [-0.4, -0.2) is 62.4 Å². The fraction of sp³-hybridized carbons (Fsp3) is 0.600. The third-order valence-electron chi connectivity index (χ3n) is 5.08. The van der Waals surface area contributed by atoms with E-state index in [2.05, 4.69) is 11.0 Å². The zero-order chi connectivity index (χ0) is 18.4. The van der Waals surface area contributed by atoms with Crippen LogP contribution in [0.25, 0.3) is 0 Å². The van der Waals surface area contributed by atoms with E-state index in [9.17, 15) is 10.1 Å². The third-order valence-corrected chi connectivity index (χ3v) is 5.08. The summed E-state index contributed by atoms with van der Waals surface area (Å²) < 4.78 is 11.3. The lowest BCUT2D eigenvalue weighted by molar-refractivity contribution is -0.144. The normalized spacial score (nSPS) is 21.9. The zero-order valence-corrected chi connectivity index (χ0v) is 15.4. The van der Waals surface area contributed by atoms with Gasteiger partial charge in [-0.2, -0.15) is 5.26 Å². The van der Waals surface area contributed by atoms with Crippen molar-refractivity contribution < 1.29 is 14.3 Å². The van der Waals surface area contributed by atoms with Crippen LogP contribution in [0.2, 0.25) is 0 Å². The van der Waals surface area contributed by atoms with E-state index < -0.39 is 6.10 Å². The molecule has 0 saturated carbocycles. The monoisotopic (exact) mass is 357 g/mol. The number of hydrogen-bond donors (Lipinski definition) is 0. The van der Waals surface area contributed by atoms with Crippen LogP contribution in [0.4, 0.5) is 5.69 Å². The van der Waals surface area contributed by atoms with Crippen LogP contribution in [0.1, 0.15) is 31.7 Å². The lowest BCUT2D eigenvalue weighted by Crippen LogP contribution is -2.42. The second-order valence-corrected chi connectivity index (χ2v) is 6.91. The summed E-state index contributed by atoms with van der Waals surface area (Å²) in [5.74, 6) is 0.0402. The van der Waals surface area contributed by atoms with E-state index in [0.717, 1.165) is 51.2 Å². The van der Waals surface area contributed by atoms with Crippen molar-refractivity contribution in [3.8, 4) is 6.07 Å². The fourth-order valence-electron chi connectivity index (χ4n) is 3.58. The molecule has 0 aliphatic carbocycles. The summed E-state index contributed by atoms with van der Waals surface area (Å²) in [7, 11) is 0. The van der Waals surface area contributed by atoms with E-state index in [0.29, 0.717) is 18.7 Å². The number of rotatable bonds is 5. The Bertz CT molecular complexity index is 652.